The van der Waals surface area contributed by atoms with E-state index in [0.717, 1.165) is 73.6 Å². The number of nitrogen functional groups attached to an aromatic ring is 1. The molecule has 5 heterocycles. The Labute approximate surface area is 222 Å². The maximum absolute atomic E-state index is 13.4. The minimum absolute atomic E-state index is 0.0139. The number of carbonyl (C=O) groups is 1. The van der Waals surface area contributed by atoms with E-state index in [9.17, 15) is 4.79 Å². The number of aromatic nitrogens is 5. The van der Waals surface area contributed by atoms with E-state index in [2.05, 4.69) is 37.9 Å². The van der Waals surface area contributed by atoms with E-state index in [1.807, 2.05) is 53.0 Å². The Morgan fingerprint density at radius 2 is 1.97 bits per heavy atom. The summed E-state index contributed by atoms with van der Waals surface area (Å²) in [4.78, 5) is 21.8. The molecule has 6 rings (SSSR count). The van der Waals surface area contributed by atoms with E-state index >= 15 is 0 Å². The predicted octanol–water partition coefficient (Wildman–Crippen LogP) is 3.36. The van der Waals surface area contributed by atoms with Crippen LogP contribution in [-0.2, 0) is 4.74 Å². The third-order valence-corrected chi connectivity index (χ3v) is 7.97. The monoisotopic (exact) mass is 514 g/mol. The van der Waals surface area contributed by atoms with E-state index < -0.39 is 0 Å². The lowest BCUT2D eigenvalue weighted by molar-refractivity contribution is 0.0667. The summed E-state index contributed by atoms with van der Waals surface area (Å²) in [5.41, 5.74) is 11.4. The molecule has 2 saturated heterocycles. The fourth-order valence-corrected chi connectivity index (χ4v) is 5.86. The minimum Gasteiger partial charge on any atom is -0.382 e. The lowest BCUT2D eigenvalue weighted by Gasteiger charge is -2.26. The highest BCUT2D eigenvalue weighted by atomic mass is 16.5. The van der Waals surface area contributed by atoms with Gasteiger partial charge in [-0.25, -0.2) is 9.50 Å². The fraction of sp³-hybridized carbons (Fsp3) is 0.429. The molecule has 3 aromatic heterocycles. The Bertz CT molecular complexity index is 1450. The van der Waals surface area contributed by atoms with Crippen LogP contribution in [0.3, 0.4) is 0 Å². The third-order valence-electron chi connectivity index (χ3n) is 7.97. The molecule has 1 amide bonds. The Morgan fingerprint density at radius 1 is 1.13 bits per heavy atom. The van der Waals surface area contributed by atoms with E-state index in [0.29, 0.717) is 17.4 Å². The summed E-state index contributed by atoms with van der Waals surface area (Å²) in [5.74, 6) is 0.411. The van der Waals surface area contributed by atoms with Crippen molar-refractivity contribution in [3.8, 4) is 22.5 Å². The first-order chi connectivity index (χ1) is 18.5. The second-order valence-electron chi connectivity index (χ2n) is 10.4. The zero-order valence-electron chi connectivity index (χ0n) is 22.0. The van der Waals surface area contributed by atoms with Crippen LogP contribution in [0.15, 0.2) is 48.9 Å². The van der Waals surface area contributed by atoms with Crippen molar-refractivity contribution in [3.63, 3.8) is 0 Å². The topological polar surface area (TPSA) is 107 Å². The van der Waals surface area contributed by atoms with Crippen LogP contribution in [0.2, 0.25) is 0 Å². The number of ether oxygens (including phenoxy) is 1. The van der Waals surface area contributed by atoms with Crippen molar-refractivity contribution in [2.24, 2.45) is 0 Å². The van der Waals surface area contributed by atoms with Gasteiger partial charge >= 0.3 is 0 Å². The van der Waals surface area contributed by atoms with E-state index in [-0.39, 0.29) is 11.9 Å². The number of benzene rings is 1. The highest BCUT2D eigenvalue weighted by molar-refractivity contribution is 5.96. The average Bonchev–Trinajstić information content (AvgIpc) is 3.68. The average molecular weight is 515 g/mol. The summed E-state index contributed by atoms with van der Waals surface area (Å²) in [6.07, 6.45) is 7.41. The molecule has 1 unspecified atom stereocenters. The van der Waals surface area contributed by atoms with Gasteiger partial charge in [-0.1, -0.05) is 12.1 Å². The number of amides is 1. The van der Waals surface area contributed by atoms with Gasteiger partial charge in [0.2, 0.25) is 0 Å². The van der Waals surface area contributed by atoms with Crippen LogP contribution in [-0.4, -0.2) is 86.5 Å². The third kappa shape index (κ3) is 4.43. The summed E-state index contributed by atoms with van der Waals surface area (Å²) in [5, 5.41) is 9.21. The van der Waals surface area contributed by atoms with Gasteiger partial charge in [0, 0.05) is 55.7 Å². The normalized spacial score (nSPS) is 18.8. The van der Waals surface area contributed by atoms with Crippen LogP contribution in [0.4, 0.5) is 5.82 Å². The van der Waals surface area contributed by atoms with Crippen LogP contribution in [0.25, 0.3) is 28.0 Å². The number of rotatable bonds is 6. The number of anilines is 1. The number of likely N-dealkylation sites (tertiary alicyclic amines) is 1. The molecule has 2 aliphatic rings. The summed E-state index contributed by atoms with van der Waals surface area (Å²) >= 11 is 0. The number of hydrogen-bond acceptors (Lipinski definition) is 7. The zero-order valence-corrected chi connectivity index (χ0v) is 22.0. The Morgan fingerprint density at radius 3 is 2.76 bits per heavy atom. The molecule has 0 bridgehead atoms. The minimum atomic E-state index is 0.0139. The first-order valence-corrected chi connectivity index (χ1v) is 13.3. The van der Waals surface area contributed by atoms with Crippen molar-refractivity contribution in [2.45, 2.75) is 37.8 Å². The highest BCUT2D eigenvalue weighted by Gasteiger charge is 2.26. The van der Waals surface area contributed by atoms with E-state index in [1.54, 1.807) is 0 Å². The van der Waals surface area contributed by atoms with Crippen molar-refractivity contribution in [3.05, 3.63) is 54.5 Å². The maximum Gasteiger partial charge on any atom is 0.253 e. The number of nitrogens with zero attached hydrogens (tertiary/aromatic N) is 7. The number of hydrogen-bond donors (Lipinski definition) is 1. The SMILES string of the molecule is CN(CC1CCCN1C)C(=O)c1cccc(-c2cc(-c3ccnn3C3CCOCC3)c3c(N)ncnn23)c1. The molecule has 2 fully saturated rings. The molecule has 2 aliphatic heterocycles. The van der Waals surface area contributed by atoms with E-state index in [4.69, 9.17) is 10.5 Å². The van der Waals surface area contributed by atoms with Crippen LogP contribution in [0.1, 0.15) is 42.1 Å². The summed E-state index contributed by atoms with van der Waals surface area (Å²) in [6, 6.07) is 12.5. The van der Waals surface area contributed by atoms with Crippen LogP contribution >= 0.6 is 0 Å². The fourth-order valence-electron chi connectivity index (χ4n) is 5.86. The molecular weight excluding hydrogens is 480 g/mol. The second kappa shape index (κ2) is 10.2. The molecule has 38 heavy (non-hydrogen) atoms. The molecule has 0 aliphatic carbocycles. The van der Waals surface area contributed by atoms with Gasteiger partial charge in [-0.15, -0.1) is 0 Å². The van der Waals surface area contributed by atoms with Gasteiger partial charge < -0.3 is 20.3 Å². The van der Waals surface area contributed by atoms with Gasteiger partial charge in [-0.2, -0.15) is 10.2 Å². The molecule has 10 heteroatoms. The molecule has 198 valence electrons. The zero-order chi connectivity index (χ0) is 26.2. The van der Waals surface area contributed by atoms with E-state index in [1.165, 1.54) is 12.7 Å². The number of fused-ring (bicyclic) bond motifs is 1. The largest absolute Gasteiger partial charge is 0.382 e. The van der Waals surface area contributed by atoms with Crippen molar-refractivity contribution < 1.29 is 9.53 Å². The summed E-state index contributed by atoms with van der Waals surface area (Å²) in [7, 11) is 4.02. The molecule has 0 radical (unpaired) electrons. The molecule has 0 saturated carbocycles. The lowest BCUT2D eigenvalue weighted by atomic mass is 10.1. The molecule has 2 N–H and O–H groups in total. The smallest absolute Gasteiger partial charge is 0.253 e. The second-order valence-corrected chi connectivity index (χ2v) is 10.4. The quantitative estimate of drug-likeness (QED) is 0.420. The first kappa shape index (κ1) is 24.6. The van der Waals surface area contributed by atoms with Crippen LogP contribution in [0, 0.1) is 0 Å². The van der Waals surface area contributed by atoms with Crippen molar-refractivity contribution in [1.82, 2.24) is 34.2 Å². The summed E-state index contributed by atoms with van der Waals surface area (Å²) in [6.45, 7) is 3.26. The highest BCUT2D eigenvalue weighted by Crippen LogP contribution is 2.37. The standard InChI is InChI=1S/C28H34N8O2/c1-33-12-4-7-22(33)17-34(2)28(37)20-6-3-5-19(15-20)25-16-23(26-27(29)30-18-32-36(25)26)24-8-11-31-35(24)21-9-13-38-14-10-21/h3,5-6,8,11,15-16,18,21-22H,4,7,9-10,12-14,17H2,1-2H3,(H2,29,30,32). The van der Waals surface area contributed by atoms with Crippen molar-refractivity contribution in [2.75, 3.05) is 46.1 Å². The Hall–Kier alpha value is -3.76. The molecule has 4 aromatic rings. The van der Waals surface area contributed by atoms with Gasteiger partial charge in [0.1, 0.15) is 11.8 Å². The van der Waals surface area contributed by atoms with Gasteiger partial charge in [0.05, 0.1) is 17.4 Å². The van der Waals surface area contributed by atoms with Gasteiger partial charge in [-0.05, 0) is 63.5 Å². The number of likely N-dealkylation sites (N-methyl/N-ethyl adjacent to an activating group) is 2. The van der Waals surface area contributed by atoms with Gasteiger partial charge in [-0.3, -0.25) is 9.48 Å². The number of nitrogens with two attached hydrogens (primary N) is 1. The molecule has 1 atom stereocenters. The maximum atomic E-state index is 13.4. The molecule has 0 spiro atoms. The molecule has 1 aromatic carbocycles. The Balaban J connectivity index is 1.37. The molecular formula is C28H34N8O2. The predicted molar refractivity (Wildman–Crippen MR) is 146 cm³/mol. The van der Waals surface area contributed by atoms with Gasteiger partial charge in [0.25, 0.3) is 5.91 Å². The first-order valence-electron chi connectivity index (χ1n) is 13.3. The lowest BCUT2D eigenvalue weighted by Crippen LogP contribution is -2.39. The van der Waals surface area contributed by atoms with Crippen molar-refractivity contribution >= 4 is 17.2 Å². The number of carbonyl (C=O) groups excluding carboxylic acids is 1. The van der Waals surface area contributed by atoms with Crippen LogP contribution < -0.4 is 5.73 Å². The van der Waals surface area contributed by atoms with Crippen LogP contribution in [0.5, 0.6) is 0 Å². The molecule has 10 nitrogen and oxygen atoms in total. The van der Waals surface area contributed by atoms with Gasteiger partial charge in [0.15, 0.2) is 5.82 Å². The Kier molecular flexibility index (Phi) is 6.59. The van der Waals surface area contributed by atoms with Crippen molar-refractivity contribution in [1.29, 1.82) is 0 Å². The summed E-state index contributed by atoms with van der Waals surface area (Å²) < 4.78 is 9.46.